The van der Waals surface area contributed by atoms with Gasteiger partial charge in [0.25, 0.3) is 5.91 Å². The van der Waals surface area contributed by atoms with Crippen molar-refractivity contribution in [2.75, 3.05) is 13.1 Å². The Morgan fingerprint density at radius 2 is 2.20 bits per heavy atom. The maximum atomic E-state index is 13.0. The van der Waals surface area contributed by atoms with Gasteiger partial charge in [-0.2, -0.15) is 0 Å². The standard InChI is InChI=1S/C18H24ClN5O/c1-4-14-16(17(25)23-9-8-15(20)18(2,3)11-23)21-22-24(14)13-7-5-6-12(19)10-13/h5-7,10,15H,4,8-9,11,20H2,1-3H3. The van der Waals surface area contributed by atoms with Gasteiger partial charge in [-0.1, -0.05) is 43.7 Å². The molecule has 134 valence electrons. The van der Waals surface area contributed by atoms with Crippen molar-refractivity contribution in [3.8, 4) is 5.69 Å². The van der Waals surface area contributed by atoms with Crippen molar-refractivity contribution in [1.82, 2.24) is 19.9 Å². The molecule has 6 nitrogen and oxygen atoms in total. The lowest BCUT2D eigenvalue weighted by atomic mass is 9.79. The van der Waals surface area contributed by atoms with E-state index in [-0.39, 0.29) is 17.4 Å². The molecule has 2 aromatic rings. The van der Waals surface area contributed by atoms with Crippen LogP contribution in [0.15, 0.2) is 24.3 Å². The number of likely N-dealkylation sites (tertiary alicyclic amines) is 1. The number of carbonyl (C=O) groups is 1. The number of benzene rings is 1. The zero-order valence-corrected chi connectivity index (χ0v) is 15.6. The van der Waals surface area contributed by atoms with E-state index in [1.165, 1.54) is 0 Å². The summed E-state index contributed by atoms with van der Waals surface area (Å²) < 4.78 is 1.69. The van der Waals surface area contributed by atoms with Crippen molar-refractivity contribution in [3.05, 3.63) is 40.7 Å². The van der Waals surface area contributed by atoms with Gasteiger partial charge in [0.05, 0.1) is 11.4 Å². The largest absolute Gasteiger partial charge is 0.337 e. The number of carbonyl (C=O) groups excluding carboxylic acids is 1. The third-order valence-electron chi connectivity index (χ3n) is 4.95. The zero-order valence-electron chi connectivity index (χ0n) is 14.9. The van der Waals surface area contributed by atoms with Crippen LogP contribution in [0.2, 0.25) is 5.02 Å². The molecule has 0 spiro atoms. The van der Waals surface area contributed by atoms with Gasteiger partial charge in [-0.05, 0) is 36.5 Å². The number of piperidine rings is 1. The van der Waals surface area contributed by atoms with Crippen LogP contribution in [0, 0.1) is 5.41 Å². The second-order valence-electron chi connectivity index (χ2n) is 7.24. The van der Waals surface area contributed by atoms with Crippen LogP contribution in [0.4, 0.5) is 0 Å². The van der Waals surface area contributed by atoms with Gasteiger partial charge in [0.1, 0.15) is 0 Å². The van der Waals surface area contributed by atoms with Gasteiger partial charge >= 0.3 is 0 Å². The van der Waals surface area contributed by atoms with Crippen LogP contribution >= 0.6 is 11.6 Å². The summed E-state index contributed by atoms with van der Waals surface area (Å²) in [5, 5.41) is 9.00. The highest BCUT2D eigenvalue weighted by Gasteiger charge is 2.37. The second kappa shape index (κ2) is 6.77. The summed E-state index contributed by atoms with van der Waals surface area (Å²) in [6.07, 6.45) is 1.44. The van der Waals surface area contributed by atoms with Crippen LogP contribution in [-0.4, -0.2) is 44.9 Å². The first-order chi connectivity index (χ1) is 11.8. The first-order valence-electron chi connectivity index (χ1n) is 8.59. The maximum Gasteiger partial charge on any atom is 0.276 e. The van der Waals surface area contributed by atoms with E-state index in [4.69, 9.17) is 17.3 Å². The molecule has 25 heavy (non-hydrogen) atoms. The number of rotatable bonds is 3. The number of nitrogens with zero attached hydrogens (tertiary/aromatic N) is 4. The van der Waals surface area contributed by atoms with Crippen LogP contribution in [-0.2, 0) is 6.42 Å². The minimum atomic E-state index is -0.108. The smallest absolute Gasteiger partial charge is 0.276 e. The molecule has 0 bridgehead atoms. The summed E-state index contributed by atoms with van der Waals surface area (Å²) in [6, 6.07) is 7.47. The van der Waals surface area contributed by atoms with E-state index in [0.717, 1.165) is 17.8 Å². The first kappa shape index (κ1) is 17.9. The summed E-state index contributed by atoms with van der Waals surface area (Å²) in [5.41, 5.74) is 8.08. The Bertz CT molecular complexity index is 786. The van der Waals surface area contributed by atoms with Crippen molar-refractivity contribution in [2.45, 2.75) is 39.7 Å². The molecule has 2 N–H and O–H groups in total. The lowest BCUT2D eigenvalue weighted by Gasteiger charge is -2.42. The van der Waals surface area contributed by atoms with E-state index in [1.807, 2.05) is 30.0 Å². The normalized spacial score (nSPS) is 19.9. The molecular formula is C18H24ClN5O. The van der Waals surface area contributed by atoms with Crippen LogP contribution < -0.4 is 5.73 Å². The molecule has 1 aliphatic heterocycles. The molecule has 1 aromatic heterocycles. The van der Waals surface area contributed by atoms with Crippen LogP contribution in [0.1, 0.15) is 43.4 Å². The third kappa shape index (κ3) is 3.41. The van der Waals surface area contributed by atoms with Crippen molar-refractivity contribution in [2.24, 2.45) is 11.1 Å². The lowest BCUT2D eigenvalue weighted by Crippen LogP contribution is -2.54. The van der Waals surface area contributed by atoms with Crippen molar-refractivity contribution in [3.63, 3.8) is 0 Å². The van der Waals surface area contributed by atoms with Gasteiger partial charge in [0.15, 0.2) is 5.69 Å². The predicted octanol–water partition coefficient (Wildman–Crippen LogP) is 2.68. The molecule has 2 heterocycles. The van der Waals surface area contributed by atoms with E-state index < -0.39 is 0 Å². The molecule has 1 saturated heterocycles. The van der Waals surface area contributed by atoms with Crippen LogP contribution in [0.3, 0.4) is 0 Å². The molecule has 1 aliphatic rings. The Morgan fingerprint density at radius 3 is 2.84 bits per heavy atom. The topological polar surface area (TPSA) is 77.0 Å². The van der Waals surface area contributed by atoms with Gasteiger partial charge in [-0.25, -0.2) is 4.68 Å². The van der Waals surface area contributed by atoms with Crippen molar-refractivity contribution in [1.29, 1.82) is 0 Å². The minimum Gasteiger partial charge on any atom is -0.337 e. The fraction of sp³-hybridized carbons (Fsp3) is 0.500. The summed E-state index contributed by atoms with van der Waals surface area (Å²) >= 11 is 6.08. The molecule has 1 fully saturated rings. The number of aromatic nitrogens is 3. The lowest BCUT2D eigenvalue weighted by molar-refractivity contribution is 0.0526. The monoisotopic (exact) mass is 361 g/mol. The van der Waals surface area contributed by atoms with Gasteiger partial charge in [-0.15, -0.1) is 5.10 Å². The van der Waals surface area contributed by atoms with Gasteiger partial charge in [-0.3, -0.25) is 4.79 Å². The molecule has 7 heteroatoms. The van der Waals surface area contributed by atoms with Crippen LogP contribution in [0.5, 0.6) is 0 Å². The number of hydrogen-bond acceptors (Lipinski definition) is 4. The number of nitrogens with two attached hydrogens (primary N) is 1. The molecule has 1 amide bonds. The van der Waals surface area contributed by atoms with Gasteiger partial charge in [0.2, 0.25) is 0 Å². The molecule has 1 aromatic carbocycles. The highest BCUT2D eigenvalue weighted by atomic mass is 35.5. The Hall–Kier alpha value is -1.92. The number of hydrogen-bond donors (Lipinski definition) is 1. The van der Waals surface area contributed by atoms with Gasteiger partial charge < -0.3 is 10.6 Å². The highest BCUT2D eigenvalue weighted by molar-refractivity contribution is 6.30. The van der Waals surface area contributed by atoms with E-state index >= 15 is 0 Å². The fourth-order valence-corrected chi connectivity index (χ4v) is 3.48. The quantitative estimate of drug-likeness (QED) is 0.911. The molecule has 0 radical (unpaired) electrons. The third-order valence-corrected chi connectivity index (χ3v) is 5.19. The van der Waals surface area contributed by atoms with Crippen LogP contribution in [0.25, 0.3) is 5.69 Å². The summed E-state index contributed by atoms with van der Waals surface area (Å²) in [7, 11) is 0. The van der Waals surface area contributed by atoms with Crippen molar-refractivity contribution >= 4 is 17.5 Å². The summed E-state index contributed by atoms with van der Waals surface area (Å²) in [6.45, 7) is 7.46. The van der Waals surface area contributed by atoms with E-state index in [9.17, 15) is 4.79 Å². The van der Waals surface area contributed by atoms with E-state index in [1.54, 1.807) is 10.7 Å². The Balaban J connectivity index is 1.92. The molecule has 3 rings (SSSR count). The Labute approximate surface area is 152 Å². The van der Waals surface area contributed by atoms with E-state index in [0.29, 0.717) is 30.2 Å². The molecule has 1 unspecified atom stereocenters. The second-order valence-corrected chi connectivity index (χ2v) is 7.68. The molecule has 1 atom stereocenters. The average molecular weight is 362 g/mol. The Morgan fingerprint density at radius 1 is 1.44 bits per heavy atom. The summed E-state index contributed by atoms with van der Waals surface area (Å²) in [5.74, 6) is -0.0786. The maximum absolute atomic E-state index is 13.0. The Kier molecular flexibility index (Phi) is 4.84. The SMILES string of the molecule is CCc1c(C(=O)N2CCC(N)C(C)(C)C2)nnn1-c1cccc(Cl)c1. The van der Waals surface area contributed by atoms with Gasteiger partial charge in [0, 0.05) is 24.2 Å². The highest BCUT2D eigenvalue weighted by Crippen LogP contribution is 2.29. The number of halogens is 1. The zero-order chi connectivity index (χ0) is 18.2. The molecule has 0 saturated carbocycles. The molecule has 0 aliphatic carbocycles. The fourth-order valence-electron chi connectivity index (χ4n) is 3.30. The van der Waals surface area contributed by atoms with Crippen molar-refractivity contribution < 1.29 is 4.79 Å². The summed E-state index contributed by atoms with van der Waals surface area (Å²) in [4.78, 5) is 14.9. The number of amides is 1. The minimum absolute atomic E-state index is 0.0786. The average Bonchev–Trinajstić information content (AvgIpc) is 3.00. The molecular weight excluding hydrogens is 338 g/mol. The first-order valence-corrected chi connectivity index (χ1v) is 8.96. The van der Waals surface area contributed by atoms with E-state index in [2.05, 4.69) is 24.2 Å². The predicted molar refractivity (Wildman–Crippen MR) is 98.0 cm³/mol.